The van der Waals surface area contributed by atoms with E-state index >= 15 is 0 Å². The Kier molecular flexibility index (Phi) is 5.51. The lowest BCUT2D eigenvalue weighted by molar-refractivity contribution is -0.119. The van der Waals surface area contributed by atoms with Crippen LogP contribution in [0.2, 0.25) is 0 Å². The van der Waals surface area contributed by atoms with Gasteiger partial charge in [-0.2, -0.15) is 8.75 Å². The number of rotatable bonds is 4. The second kappa shape index (κ2) is 6.46. The second-order valence-corrected chi connectivity index (χ2v) is 6.68. The van der Waals surface area contributed by atoms with Gasteiger partial charge in [0.15, 0.2) is 5.82 Å². The Labute approximate surface area is 111 Å². The molecule has 102 valence electrons. The van der Waals surface area contributed by atoms with E-state index in [9.17, 15) is 13.6 Å². The zero-order valence-corrected chi connectivity index (χ0v) is 11.7. The number of carbonyl (C=O) groups is 1. The summed E-state index contributed by atoms with van der Waals surface area (Å²) in [4.78, 5) is 11.6. The van der Waals surface area contributed by atoms with Crippen molar-refractivity contribution < 1.29 is 13.6 Å². The highest BCUT2D eigenvalue weighted by Gasteiger charge is 2.16. The molecule has 4 N–H and O–H groups in total. The maximum absolute atomic E-state index is 12.8. The third-order valence-corrected chi connectivity index (χ3v) is 4.42. The Balaban J connectivity index is 2.79. The zero-order chi connectivity index (χ0) is 13.9. The Morgan fingerprint density at radius 1 is 1.56 bits per heavy atom. The molecule has 0 saturated heterocycles. The van der Waals surface area contributed by atoms with Crippen LogP contribution in [0.3, 0.4) is 0 Å². The van der Waals surface area contributed by atoms with Crippen molar-refractivity contribution in [1.29, 1.82) is 0 Å². The van der Waals surface area contributed by atoms with E-state index in [1.54, 1.807) is 0 Å². The fraction of sp³-hybridized carbons (Fsp3) is 0.500. The largest absolute Gasteiger partial charge is 0.320 e. The number of halogens is 2. The maximum Gasteiger partial charge on any atom is 0.269 e. The monoisotopic (exact) mass is 295 g/mol. The van der Waals surface area contributed by atoms with Crippen LogP contribution in [0.5, 0.6) is 0 Å². The van der Waals surface area contributed by atoms with Crippen LogP contribution in [0.4, 0.5) is 8.78 Å². The molecule has 0 bridgehead atoms. The number of nitrogens with zero attached hydrogens (tertiary/aromatic N) is 1. The van der Waals surface area contributed by atoms with Crippen molar-refractivity contribution in [2.45, 2.75) is 30.5 Å². The first kappa shape index (κ1) is 15.4. The molecule has 1 aromatic rings. The molecule has 1 aromatic heterocycles. The first-order valence-electron chi connectivity index (χ1n) is 5.26. The number of hydrogen-bond donors (Lipinski definition) is 2. The molecule has 1 rings (SSSR count). The Morgan fingerprint density at radius 3 is 2.61 bits per heavy atom. The maximum atomic E-state index is 12.8. The molecule has 8 heteroatoms. The van der Waals surface area contributed by atoms with Gasteiger partial charge < -0.3 is 5.73 Å². The molecule has 0 fully saturated rings. The zero-order valence-electron chi connectivity index (χ0n) is 10.0. The lowest BCUT2D eigenvalue weighted by Gasteiger charge is -2.10. The third kappa shape index (κ3) is 4.20. The standard InChI is InChI=1S/C10H15F2N3OS2/c1-5(2)3-7(13)10(16)15-18(14)8-4-6(11)9(12)17-8/h4-5,7H,3,13H2,1-2H3,(H2,14,15,16). The van der Waals surface area contributed by atoms with Crippen molar-refractivity contribution in [3.63, 3.8) is 0 Å². The molecule has 0 aliphatic heterocycles. The van der Waals surface area contributed by atoms with Crippen LogP contribution >= 0.6 is 11.3 Å². The molecule has 0 aliphatic carbocycles. The first-order chi connectivity index (χ1) is 8.31. The van der Waals surface area contributed by atoms with Crippen molar-refractivity contribution in [2.24, 2.45) is 21.2 Å². The van der Waals surface area contributed by atoms with Crippen molar-refractivity contribution in [3.8, 4) is 0 Å². The summed E-state index contributed by atoms with van der Waals surface area (Å²) < 4.78 is 29.5. The van der Waals surface area contributed by atoms with Gasteiger partial charge in [-0.3, -0.25) is 9.93 Å². The van der Waals surface area contributed by atoms with E-state index in [0.29, 0.717) is 17.8 Å². The van der Waals surface area contributed by atoms with Gasteiger partial charge in [0, 0.05) is 16.9 Å². The predicted molar refractivity (Wildman–Crippen MR) is 68.9 cm³/mol. The van der Waals surface area contributed by atoms with Crippen LogP contribution in [0.25, 0.3) is 0 Å². The van der Waals surface area contributed by atoms with Crippen molar-refractivity contribution in [1.82, 2.24) is 0 Å². The molecule has 0 radical (unpaired) electrons. The minimum atomic E-state index is -1.35. The normalized spacial score (nSPS) is 15.1. The van der Waals surface area contributed by atoms with Gasteiger partial charge in [0.25, 0.3) is 5.91 Å². The van der Waals surface area contributed by atoms with Gasteiger partial charge in [-0.05, 0) is 12.3 Å². The van der Waals surface area contributed by atoms with E-state index in [4.69, 9.17) is 10.9 Å². The van der Waals surface area contributed by atoms with Crippen molar-refractivity contribution in [3.05, 3.63) is 17.0 Å². The molecular weight excluding hydrogens is 280 g/mol. The van der Waals surface area contributed by atoms with Crippen LogP contribution in [0.1, 0.15) is 20.3 Å². The van der Waals surface area contributed by atoms with Gasteiger partial charge in [0.2, 0.25) is 5.13 Å². The van der Waals surface area contributed by atoms with Crippen LogP contribution in [0.15, 0.2) is 14.6 Å². The van der Waals surface area contributed by atoms with E-state index in [1.165, 1.54) is 0 Å². The van der Waals surface area contributed by atoms with Gasteiger partial charge in [-0.25, -0.2) is 4.39 Å². The number of thiophene rings is 1. The number of carbonyl (C=O) groups excluding carboxylic acids is 1. The molecule has 1 heterocycles. The molecule has 2 unspecified atom stereocenters. The number of nitrogens with two attached hydrogens (primary N) is 2. The molecule has 0 aliphatic rings. The third-order valence-electron chi connectivity index (χ3n) is 2.06. The Bertz CT molecular complexity index is 454. The summed E-state index contributed by atoms with van der Waals surface area (Å²) >= 11 is 0.549. The molecule has 1 amide bonds. The van der Waals surface area contributed by atoms with E-state index in [2.05, 4.69) is 4.36 Å². The molecule has 0 aromatic carbocycles. The van der Waals surface area contributed by atoms with Crippen molar-refractivity contribution in [2.75, 3.05) is 0 Å². The molecule has 18 heavy (non-hydrogen) atoms. The highest BCUT2D eigenvalue weighted by Crippen LogP contribution is 2.21. The fourth-order valence-corrected chi connectivity index (χ4v) is 3.06. The van der Waals surface area contributed by atoms with Crippen LogP contribution < -0.4 is 10.9 Å². The summed E-state index contributed by atoms with van der Waals surface area (Å²) in [5.74, 6) is -1.26. The topological polar surface area (TPSA) is 81.5 Å². The van der Waals surface area contributed by atoms with Crippen LogP contribution in [0, 0.1) is 16.9 Å². The fourth-order valence-electron chi connectivity index (χ4n) is 1.25. The summed E-state index contributed by atoms with van der Waals surface area (Å²) in [6.07, 6.45) is 0.493. The van der Waals surface area contributed by atoms with Crippen molar-refractivity contribution >= 4 is 28.1 Å². The minimum Gasteiger partial charge on any atom is -0.320 e. The average Bonchev–Trinajstić information content (AvgIpc) is 2.58. The second-order valence-electron chi connectivity index (χ2n) is 4.17. The lowest BCUT2D eigenvalue weighted by atomic mass is 10.0. The van der Waals surface area contributed by atoms with Gasteiger partial charge in [-0.1, -0.05) is 25.2 Å². The summed E-state index contributed by atoms with van der Waals surface area (Å²) in [5.41, 5.74) is 5.64. The predicted octanol–water partition coefficient (Wildman–Crippen LogP) is 1.96. The molecular formula is C10H15F2N3OS2. The molecule has 2 atom stereocenters. The minimum absolute atomic E-state index is 0.190. The number of amides is 1. The Morgan fingerprint density at radius 2 is 2.17 bits per heavy atom. The smallest absolute Gasteiger partial charge is 0.269 e. The summed E-state index contributed by atoms with van der Waals surface area (Å²) in [5, 5.41) is 4.65. The van der Waals surface area contributed by atoms with Gasteiger partial charge in [-0.15, -0.1) is 0 Å². The number of hydrogen-bond acceptors (Lipinski definition) is 3. The highest BCUT2D eigenvalue weighted by atomic mass is 32.2. The quantitative estimate of drug-likeness (QED) is 0.891. The highest BCUT2D eigenvalue weighted by molar-refractivity contribution is 7.87. The van der Waals surface area contributed by atoms with E-state index < -0.39 is 33.8 Å². The first-order valence-corrected chi connectivity index (χ1v) is 7.32. The van der Waals surface area contributed by atoms with E-state index in [1.807, 2.05) is 13.8 Å². The van der Waals surface area contributed by atoms with Gasteiger partial charge in [0.05, 0.1) is 10.3 Å². The SMILES string of the molecule is CC(C)CC(N)C(=O)N=S(N)c1cc(F)c(F)s1. The Hall–Kier alpha value is -0.700. The van der Waals surface area contributed by atoms with Crippen LogP contribution in [-0.4, -0.2) is 11.9 Å². The van der Waals surface area contributed by atoms with Gasteiger partial charge >= 0.3 is 0 Å². The molecule has 4 nitrogen and oxygen atoms in total. The summed E-state index contributed by atoms with van der Waals surface area (Å²) in [6.45, 7) is 3.86. The molecule has 0 saturated carbocycles. The lowest BCUT2D eigenvalue weighted by Crippen LogP contribution is -2.31. The average molecular weight is 295 g/mol. The summed E-state index contributed by atoms with van der Waals surface area (Å²) in [7, 11) is -1.35. The van der Waals surface area contributed by atoms with Gasteiger partial charge in [0.1, 0.15) is 0 Å². The summed E-state index contributed by atoms with van der Waals surface area (Å²) in [6, 6.07) is 0.228. The van der Waals surface area contributed by atoms with E-state index in [-0.39, 0.29) is 10.1 Å². The van der Waals surface area contributed by atoms with E-state index in [0.717, 1.165) is 6.07 Å². The molecule has 0 spiro atoms. The van der Waals surface area contributed by atoms with Crippen LogP contribution in [-0.2, 0) is 15.7 Å².